The normalized spacial score (nSPS) is 14.8. The molecule has 1 aliphatic rings. The zero-order valence-corrected chi connectivity index (χ0v) is 11.1. The van der Waals surface area contributed by atoms with E-state index in [4.69, 9.17) is 9.15 Å². The molecule has 19 heavy (non-hydrogen) atoms. The lowest BCUT2D eigenvalue weighted by atomic mass is 10.3. The molecule has 2 aromatic rings. The van der Waals surface area contributed by atoms with Crippen molar-refractivity contribution in [3.05, 3.63) is 36.0 Å². The highest BCUT2D eigenvalue weighted by Crippen LogP contribution is 2.20. The van der Waals surface area contributed by atoms with Crippen LogP contribution in [-0.4, -0.2) is 15.8 Å². The number of nitrogens with zero attached hydrogens (tertiary/aromatic N) is 2. The van der Waals surface area contributed by atoms with E-state index in [1.807, 2.05) is 23.9 Å². The second kappa shape index (κ2) is 5.48. The summed E-state index contributed by atoms with van der Waals surface area (Å²) in [5, 5.41) is 7.62. The first-order valence-electron chi connectivity index (χ1n) is 6.78. The van der Waals surface area contributed by atoms with Gasteiger partial charge in [0.15, 0.2) is 5.75 Å². The molecule has 2 aromatic heterocycles. The highest BCUT2D eigenvalue weighted by molar-refractivity contribution is 5.15. The minimum absolute atomic E-state index is 0.443. The monoisotopic (exact) mass is 261 g/mol. The number of rotatable bonds is 7. The summed E-state index contributed by atoms with van der Waals surface area (Å²) in [5.74, 6) is 1.62. The number of aryl methyl sites for hydroxylation is 1. The second-order valence-corrected chi connectivity index (χ2v) is 4.90. The second-order valence-electron chi connectivity index (χ2n) is 4.90. The Kier molecular flexibility index (Phi) is 3.55. The number of aromatic nitrogens is 2. The van der Waals surface area contributed by atoms with E-state index in [0.29, 0.717) is 6.61 Å². The van der Waals surface area contributed by atoms with Crippen molar-refractivity contribution in [2.24, 2.45) is 0 Å². The van der Waals surface area contributed by atoms with Crippen LogP contribution >= 0.6 is 0 Å². The van der Waals surface area contributed by atoms with E-state index in [1.54, 1.807) is 12.5 Å². The smallest absolute Gasteiger partial charge is 0.157 e. The van der Waals surface area contributed by atoms with Gasteiger partial charge < -0.3 is 14.5 Å². The van der Waals surface area contributed by atoms with Crippen LogP contribution in [0.1, 0.15) is 31.1 Å². The van der Waals surface area contributed by atoms with Gasteiger partial charge in [-0.2, -0.15) is 5.10 Å². The third-order valence-electron chi connectivity index (χ3n) is 3.19. The fraction of sp³-hybridized carbons (Fsp3) is 0.500. The Morgan fingerprint density at radius 3 is 3.16 bits per heavy atom. The maximum atomic E-state index is 5.63. The van der Waals surface area contributed by atoms with Crippen molar-refractivity contribution in [3.8, 4) is 5.75 Å². The molecule has 0 aromatic carbocycles. The van der Waals surface area contributed by atoms with Gasteiger partial charge in [-0.15, -0.1) is 0 Å². The Morgan fingerprint density at radius 2 is 2.42 bits per heavy atom. The molecule has 1 saturated carbocycles. The number of ether oxygens (including phenoxy) is 1. The molecule has 0 radical (unpaired) electrons. The van der Waals surface area contributed by atoms with Gasteiger partial charge in [-0.05, 0) is 25.8 Å². The Labute approximate surface area is 112 Å². The van der Waals surface area contributed by atoms with E-state index in [2.05, 4.69) is 10.4 Å². The van der Waals surface area contributed by atoms with Crippen molar-refractivity contribution >= 4 is 0 Å². The average Bonchev–Trinajstić information content (AvgIpc) is 2.97. The number of hydrogen-bond acceptors (Lipinski definition) is 4. The highest BCUT2D eigenvalue weighted by Gasteiger charge is 2.20. The van der Waals surface area contributed by atoms with Crippen molar-refractivity contribution in [1.29, 1.82) is 0 Å². The van der Waals surface area contributed by atoms with Crippen LogP contribution in [-0.2, 0) is 19.7 Å². The molecular formula is C14H19N3O2. The topological polar surface area (TPSA) is 52.2 Å². The number of furan rings is 1. The quantitative estimate of drug-likeness (QED) is 0.831. The van der Waals surface area contributed by atoms with Gasteiger partial charge in [-0.3, -0.25) is 4.68 Å². The minimum atomic E-state index is 0.443. The third-order valence-corrected chi connectivity index (χ3v) is 3.19. The molecule has 0 spiro atoms. The molecule has 1 aliphatic carbocycles. The first-order valence-corrected chi connectivity index (χ1v) is 6.78. The van der Waals surface area contributed by atoms with Crippen LogP contribution in [0.15, 0.2) is 29.1 Å². The molecule has 5 heteroatoms. The third kappa shape index (κ3) is 3.38. The van der Waals surface area contributed by atoms with E-state index in [1.165, 1.54) is 18.4 Å². The molecule has 5 nitrogen and oxygen atoms in total. The Morgan fingerprint density at radius 1 is 1.53 bits per heavy atom. The molecule has 1 fully saturated rings. The molecule has 102 valence electrons. The maximum Gasteiger partial charge on any atom is 0.157 e. The van der Waals surface area contributed by atoms with E-state index in [9.17, 15) is 0 Å². The molecule has 1 N–H and O–H groups in total. The molecule has 3 rings (SSSR count). The van der Waals surface area contributed by atoms with Crippen molar-refractivity contribution in [2.75, 3.05) is 0 Å². The summed E-state index contributed by atoms with van der Waals surface area (Å²) < 4.78 is 12.9. The largest absolute Gasteiger partial charge is 0.482 e. The van der Waals surface area contributed by atoms with Gasteiger partial charge in [0.1, 0.15) is 12.4 Å². The summed E-state index contributed by atoms with van der Waals surface area (Å²) in [6.45, 7) is 4.21. The van der Waals surface area contributed by atoms with Crippen molar-refractivity contribution in [1.82, 2.24) is 15.1 Å². The summed E-state index contributed by atoms with van der Waals surface area (Å²) in [6, 6.07) is 2.76. The molecule has 0 unspecified atom stereocenters. The van der Waals surface area contributed by atoms with Gasteiger partial charge in [0, 0.05) is 24.7 Å². The Bertz CT molecular complexity index is 528. The van der Waals surface area contributed by atoms with E-state index < -0.39 is 0 Å². The van der Waals surface area contributed by atoms with Crippen molar-refractivity contribution < 1.29 is 9.15 Å². The van der Waals surface area contributed by atoms with Crippen LogP contribution < -0.4 is 10.1 Å². The summed E-state index contributed by atoms with van der Waals surface area (Å²) in [5.41, 5.74) is 1.18. The van der Waals surface area contributed by atoms with Crippen molar-refractivity contribution in [3.63, 3.8) is 0 Å². The molecule has 2 heterocycles. The van der Waals surface area contributed by atoms with Gasteiger partial charge in [0.2, 0.25) is 0 Å². The number of nitrogens with one attached hydrogen (secondary N) is 1. The average molecular weight is 261 g/mol. The standard InChI is InChI=1S/C14H19N3O2/c1-2-17-8-14(7-16-17)19-10-13-5-11(9-18-13)6-15-12-3-4-12/h5,7-9,12,15H,2-4,6,10H2,1H3. The SMILES string of the molecule is CCn1cc(OCc2cc(CNC3CC3)co2)cn1. The maximum absolute atomic E-state index is 5.63. The van der Waals surface area contributed by atoms with E-state index in [-0.39, 0.29) is 0 Å². The fourth-order valence-corrected chi connectivity index (χ4v) is 1.89. The summed E-state index contributed by atoms with van der Waals surface area (Å²) in [4.78, 5) is 0. The lowest BCUT2D eigenvalue weighted by Gasteiger charge is -1.99. The van der Waals surface area contributed by atoms with Crippen LogP contribution in [0.25, 0.3) is 0 Å². The van der Waals surface area contributed by atoms with E-state index in [0.717, 1.165) is 30.6 Å². The first-order chi connectivity index (χ1) is 9.33. The molecule has 0 saturated heterocycles. The molecular weight excluding hydrogens is 242 g/mol. The molecule has 0 aliphatic heterocycles. The van der Waals surface area contributed by atoms with Gasteiger partial charge in [-0.1, -0.05) is 0 Å². The first kappa shape index (κ1) is 12.3. The number of hydrogen-bond donors (Lipinski definition) is 1. The summed E-state index contributed by atoms with van der Waals surface area (Å²) in [7, 11) is 0. The predicted octanol–water partition coefficient (Wildman–Crippen LogP) is 2.33. The predicted molar refractivity (Wildman–Crippen MR) is 70.8 cm³/mol. The van der Waals surface area contributed by atoms with E-state index >= 15 is 0 Å². The summed E-state index contributed by atoms with van der Waals surface area (Å²) in [6.07, 6.45) is 8.01. The van der Waals surface area contributed by atoms with Gasteiger partial charge in [-0.25, -0.2) is 0 Å². The lowest BCUT2D eigenvalue weighted by molar-refractivity contribution is 0.270. The Balaban J connectivity index is 1.48. The molecule has 0 bridgehead atoms. The van der Waals surface area contributed by atoms with Gasteiger partial charge in [0.25, 0.3) is 0 Å². The van der Waals surface area contributed by atoms with Crippen LogP contribution in [0.5, 0.6) is 5.75 Å². The highest BCUT2D eigenvalue weighted by atomic mass is 16.5. The fourth-order valence-electron chi connectivity index (χ4n) is 1.89. The Hall–Kier alpha value is -1.75. The van der Waals surface area contributed by atoms with Crippen molar-refractivity contribution in [2.45, 2.75) is 45.5 Å². The molecule has 0 amide bonds. The zero-order chi connectivity index (χ0) is 13.1. The minimum Gasteiger partial charge on any atom is -0.482 e. The summed E-state index contributed by atoms with van der Waals surface area (Å²) >= 11 is 0. The van der Waals surface area contributed by atoms with Crippen LogP contribution in [0.3, 0.4) is 0 Å². The lowest BCUT2D eigenvalue weighted by Crippen LogP contribution is -2.14. The zero-order valence-electron chi connectivity index (χ0n) is 11.1. The van der Waals surface area contributed by atoms with Gasteiger partial charge in [0.05, 0.1) is 18.7 Å². The van der Waals surface area contributed by atoms with Crippen LogP contribution in [0.2, 0.25) is 0 Å². The van der Waals surface area contributed by atoms with Gasteiger partial charge >= 0.3 is 0 Å². The van der Waals surface area contributed by atoms with Crippen LogP contribution in [0, 0.1) is 0 Å². The van der Waals surface area contributed by atoms with Crippen LogP contribution in [0.4, 0.5) is 0 Å². The molecule has 0 atom stereocenters.